The van der Waals surface area contributed by atoms with E-state index in [9.17, 15) is 0 Å². The number of aromatic nitrogens is 1. The number of hydrogen-bond acceptors (Lipinski definition) is 2. The summed E-state index contributed by atoms with van der Waals surface area (Å²) in [6.07, 6.45) is 9.16. The molecule has 0 amide bonds. The molecule has 0 N–H and O–H groups in total. The third-order valence-corrected chi connectivity index (χ3v) is 6.23. The number of hydrogen-bond donors (Lipinski definition) is 0. The molecule has 1 aromatic heterocycles. The maximum Gasteiger partial charge on any atom is 0.221 e. The minimum atomic E-state index is -0.178. The molecular weight excluding hydrogens is 169 g/mol. The zero-order valence-corrected chi connectivity index (χ0v) is 7.92. The lowest BCUT2D eigenvalue weighted by molar-refractivity contribution is 0.540. The Morgan fingerprint density at radius 3 is 3.17 bits per heavy atom. The molecule has 2 bridgehead atoms. The molecule has 64 valence electrons. The van der Waals surface area contributed by atoms with E-state index in [1.54, 1.807) is 17.8 Å². The summed E-state index contributed by atoms with van der Waals surface area (Å²) in [5, 5.41) is 1.58. The molecular formula is C9H12NOP. The van der Waals surface area contributed by atoms with Crippen molar-refractivity contribution in [2.75, 3.05) is 12.3 Å². The summed E-state index contributed by atoms with van der Waals surface area (Å²) in [5.41, 5.74) is 0. The molecule has 2 unspecified atom stereocenters. The zero-order chi connectivity index (χ0) is 7.97. The molecule has 0 spiro atoms. The van der Waals surface area contributed by atoms with Gasteiger partial charge in [-0.1, -0.05) is 0 Å². The molecule has 2 atom stereocenters. The Hall–Kier alpha value is -0.490. The topological polar surface area (TPSA) is 26.0 Å². The Bertz CT molecular complexity index is 328. The van der Waals surface area contributed by atoms with Gasteiger partial charge in [0.1, 0.15) is 6.26 Å². The maximum atomic E-state index is 5.35. The van der Waals surface area contributed by atoms with Crippen LogP contribution >= 0.6 is 7.55 Å². The van der Waals surface area contributed by atoms with Crippen molar-refractivity contribution >= 4 is 12.8 Å². The van der Waals surface area contributed by atoms with Crippen LogP contribution in [-0.2, 0) is 0 Å². The molecule has 0 aromatic carbocycles. The minimum Gasteiger partial charge on any atom is -0.445 e. The monoisotopic (exact) mass is 181 g/mol. The van der Waals surface area contributed by atoms with Gasteiger partial charge in [-0.3, -0.25) is 0 Å². The molecule has 3 heterocycles. The van der Waals surface area contributed by atoms with Crippen LogP contribution in [0.1, 0.15) is 18.7 Å². The smallest absolute Gasteiger partial charge is 0.221 e. The van der Waals surface area contributed by atoms with Crippen molar-refractivity contribution in [3.8, 4) is 0 Å². The number of oxazole rings is 1. The second-order valence-corrected chi connectivity index (χ2v) is 6.45. The first-order valence-electron chi connectivity index (χ1n) is 4.54. The van der Waals surface area contributed by atoms with E-state index >= 15 is 0 Å². The highest BCUT2D eigenvalue weighted by atomic mass is 31.1. The van der Waals surface area contributed by atoms with Gasteiger partial charge in [-0.2, -0.15) is 0 Å². The lowest BCUT2D eigenvalue weighted by Crippen LogP contribution is -2.05. The predicted octanol–water partition coefficient (Wildman–Crippen LogP) is 1.83. The van der Waals surface area contributed by atoms with Crippen LogP contribution in [0.3, 0.4) is 0 Å². The van der Waals surface area contributed by atoms with Gasteiger partial charge in [0.05, 0.1) is 6.20 Å². The van der Waals surface area contributed by atoms with E-state index in [4.69, 9.17) is 4.42 Å². The Morgan fingerprint density at radius 2 is 2.58 bits per heavy atom. The molecule has 1 saturated heterocycles. The van der Waals surface area contributed by atoms with E-state index in [0.29, 0.717) is 0 Å². The standard InChI is InChI=1S/C9H12NOP/c1-4-12-6-7(1)5-8(12)9-10-2-3-11-9/h2-3,7,12H,1,4-6H2. The summed E-state index contributed by atoms with van der Waals surface area (Å²) < 4.78 is 5.35. The van der Waals surface area contributed by atoms with E-state index < -0.39 is 0 Å². The molecule has 3 rings (SSSR count). The van der Waals surface area contributed by atoms with Crippen LogP contribution in [0, 0.1) is 5.92 Å². The van der Waals surface area contributed by atoms with Crippen LogP contribution in [0.2, 0.25) is 0 Å². The average molecular weight is 181 g/mol. The Balaban J connectivity index is 2.05. The second-order valence-electron chi connectivity index (χ2n) is 3.73. The van der Waals surface area contributed by atoms with E-state index in [1.165, 1.54) is 25.2 Å². The fourth-order valence-corrected chi connectivity index (χ4v) is 5.98. The van der Waals surface area contributed by atoms with Crippen molar-refractivity contribution in [1.29, 1.82) is 0 Å². The van der Waals surface area contributed by atoms with Crippen molar-refractivity contribution in [3.63, 3.8) is 0 Å². The molecule has 2 nitrogen and oxygen atoms in total. The van der Waals surface area contributed by atoms with E-state index in [1.807, 2.05) is 0 Å². The van der Waals surface area contributed by atoms with Crippen LogP contribution < -0.4 is 0 Å². The molecule has 0 radical (unpaired) electrons. The minimum absolute atomic E-state index is 0.178. The molecule has 12 heavy (non-hydrogen) atoms. The maximum absolute atomic E-state index is 5.35. The first kappa shape index (κ1) is 6.97. The summed E-state index contributed by atoms with van der Waals surface area (Å²) in [4.78, 5) is 4.24. The van der Waals surface area contributed by atoms with Gasteiger partial charge in [0.2, 0.25) is 5.89 Å². The van der Waals surface area contributed by atoms with Gasteiger partial charge >= 0.3 is 0 Å². The molecule has 1 aromatic rings. The van der Waals surface area contributed by atoms with Gasteiger partial charge in [0, 0.05) is 5.29 Å². The fraction of sp³-hybridized carbons (Fsp3) is 0.556. The zero-order valence-electron chi connectivity index (χ0n) is 6.92. The van der Waals surface area contributed by atoms with Crippen molar-refractivity contribution in [1.82, 2.24) is 4.98 Å². The highest BCUT2D eigenvalue weighted by Gasteiger charge is 2.31. The van der Waals surface area contributed by atoms with E-state index in [-0.39, 0.29) is 7.55 Å². The quantitative estimate of drug-likeness (QED) is 0.618. The lowest BCUT2D eigenvalue weighted by Gasteiger charge is -2.08. The summed E-state index contributed by atoms with van der Waals surface area (Å²) in [6, 6.07) is 0. The summed E-state index contributed by atoms with van der Waals surface area (Å²) in [6.45, 7) is 0. The van der Waals surface area contributed by atoms with Crippen molar-refractivity contribution in [2.45, 2.75) is 12.8 Å². The third kappa shape index (κ3) is 0.910. The summed E-state index contributed by atoms with van der Waals surface area (Å²) in [7, 11) is -0.178. The lowest BCUT2D eigenvalue weighted by atomic mass is 10.0. The first-order chi connectivity index (χ1) is 5.93. The van der Waals surface area contributed by atoms with Gasteiger partial charge in [0.15, 0.2) is 0 Å². The predicted molar refractivity (Wildman–Crippen MR) is 51.4 cm³/mol. The van der Waals surface area contributed by atoms with Gasteiger partial charge in [-0.25, -0.2) is 4.98 Å². The van der Waals surface area contributed by atoms with Crippen LogP contribution in [0.5, 0.6) is 0 Å². The van der Waals surface area contributed by atoms with Crippen LogP contribution in [0.4, 0.5) is 0 Å². The summed E-state index contributed by atoms with van der Waals surface area (Å²) >= 11 is 0. The number of nitrogens with zero attached hydrogens (tertiary/aromatic N) is 1. The molecule has 2 aliphatic heterocycles. The largest absolute Gasteiger partial charge is 0.445 e. The first-order valence-corrected chi connectivity index (χ1v) is 6.45. The van der Waals surface area contributed by atoms with Crippen LogP contribution in [-0.4, -0.2) is 22.6 Å². The van der Waals surface area contributed by atoms with Crippen LogP contribution in [0.25, 0.3) is 0 Å². The summed E-state index contributed by atoms with van der Waals surface area (Å²) in [5.74, 6) is 1.94. The molecule has 0 aliphatic carbocycles. The molecule has 1 fully saturated rings. The second kappa shape index (κ2) is 2.50. The Kier molecular flexibility index (Phi) is 1.45. The van der Waals surface area contributed by atoms with Crippen LogP contribution in [0.15, 0.2) is 16.9 Å². The van der Waals surface area contributed by atoms with Gasteiger partial charge in [0.25, 0.3) is 0 Å². The van der Waals surface area contributed by atoms with Gasteiger partial charge < -0.3 is 4.42 Å². The molecule has 2 aliphatic rings. The van der Waals surface area contributed by atoms with Crippen molar-refractivity contribution in [3.05, 3.63) is 18.4 Å². The van der Waals surface area contributed by atoms with Gasteiger partial charge in [-0.05, 0) is 31.1 Å². The fourth-order valence-electron chi connectivity index (χ4n) is 2.42. The van der Waals surface area contributed by atoms with E-state index in [2.05, 4.69) is 4.98 Å². The van der Waals surface area contributed by atoms with Gasteiger partial charge in [-0.15, -0.1) is 7.55 Å². The normalized spacial score (nSPS) is 33.2. The van der Waals surface area contributed by atoms with E-state index in [0.717, 1.165) is 11.8 Å². The molecule has 3 heteroatoms. The van der Waals surface area contributed by atoms with Crippen molar-refractivity contribution in [2.24, 2.45) is 5.92 Å². The Labute approximate surface area is 72.4 Å². The molecule has 0 saturated carbocycles. The van der Waals surface area contributed by atoms with Crippen molar-refractivity contribution < 1.29 is 4.42 Å². The SMILES string of the molecule is c1coc(C2=[PH]3CCC(C2)C3)n1. The average Bonchev–Trinajstić information content (AvgIpc) is 2.81. The Morgan fingerprint density at radius 1 is 1.58 bits per heavy atom. The number of rotatable bonds is 1. The highest BCUT2D eigenvalue weighted by molar-refractivity contribution is 7.60. The number of fused-ring (bicyclic) bond motifs is 2. The highest BCUT2D eigenvalue weighted by Crippen LogP contribution is 2.48. The third-order valence-electron chi connectivity index (χ3n) is 3.00.